The maximum Gasteiger partial charge on any atom is 0.270 e. The number of hydrogen-bond donors (Lipinski definition) is 2. The van der Waals surface area contributed by atoms with Gasteiger partial charge in [-0.25, -0.2) is 0 Å². The number of fused-ring (bicyclic) bond motifs is 1. The van der Waals surface area contributed by atoms with E-state index in [0.717, 1.165) is 45.1 Å². The van der Waals surface area contributed by atoms with E-state index in [9.17, 15) is 19.5 Å². The highest BCUT2D eigenvalue weighted by Crippen LogP contribution is 2.38. The summed E-state index contributed by atoms with van der Waals surface area (Å²) in [6.45, 7) is 8.10. The summed E-state index contributed by atoms with van der Waals surface area (Å²) in [5.74, 6) is -1.05. The maximum atomic E-state index is 13.5. The first-order valence-corrected chi connectivity index (χ1v) is 13.0. The van der Waals surface area contributed by atoms with Crippen LogP contribution in [0.5, 0.6) is 5.88 Å². The third-order valence-electron chi connectivity index (χ3n) is 7.59. The molecule has 3 aliphatic rings. The first kappa shape index (κ1) is 24.5. The molecule has 2 aromatic rings. The number of ether oxygens (including phenoxy) is 1. The molecular formula is C26H35N5O5. The van der Waals surface area contributed by atoms with Crippen LogP contribution in [-0.4, -0.2) is 67.3 Å². The van der Waals surface area contributed by atoms with Gasteiger partial charge in [-0.15, -0.1) is 0 Å². The Kier molecular flexibility index (Phi) is 6.40. The number of carbonyl (C=O) groups excluding carboxylic acids is 2. The Hall–Kier alpha value is -3.14. The molecule has 10 nitrogen and oxygen atoms in total. The molecule has 2 saturated heterocycles. The van der Waals surface area contributed by atoms with Gasteiger partial charge >= 0.3 is 0 Å². The van der Waals surface area contributed by atoms with E-state index >= 15 is 0 Å². The predicted octanol–water partition coefficient (Wildman–Crippen LogP) is 2.24. The van der Waals surface area contributed by atoms with Crippen molar-refractivity contribution in [3.05, 3.63) is 33.3 Å². The largest absolute Gasteiger partial charge is 0.492 e. The van der Waals surface area contributed by atoms with Crippen molar-refractivity contribution in [3.63, 3.8) is 0 Å². The summed E-state index contributed by atoms with van der Waals surface area (Å²) in [6.07, 6.45) is 8.61. The topological polar surface area (TPSA) is 118 Å². The van der Waals surface area contributed by atoms with E-state index in [1.807, 2.05) is 18.7 Å². The Balaban J connectivity index is 1.55. The van der Waals surface area contributed by atoms with Crippen molar-refractivity contribution in [2.24, 2.45) is 5.92 Å². The van der Waals surface area contributed by atoms with Crippen molar-refractivity contribution in [2.45, 2.75) is 77.4 Å². The zero-order chi connectivity index (χ0) is 25.6. The van der Waals surface area contributed by atoms with E-state index in [2.05, 4.69) is 10.4 Å². The van der Waals surface area contributed by atoms with Crippen LogP contribution >= 0.6 is 0 Å². The van der Waals surface area contributed by atoms with Crippen molar-refractivity contribution < 1.29 is 19.4 Å². The van der Waals surface area contributed by atoms with Crippen LogP contribution in [0.4, 0.5) is 0 Å². The Morgan fingerprint density at radius 1 is 1.25 bits per heavy atom. The van der Waals surface area contributed by atoms with Gasteiger partial charge in [0.25, 0.3) is 11.5 Å². The minimum Gasteiger partial charge on any atom is -0.492 e. The Labute approximate surface area is 209 Å². The minimum absolute atomic E-state index is 0.0408. The number of likely N-dealkylation sites (tertiary alicyclic amines) is 1. The van der Waals surface area contributed by atoms with Crippen molar-refractivity contribution in [3.8, 4) is 5.88 Å². The van der Waals surface area contributed by atoms with Crippen LogP contribution in [0.2, 0.25) is 0 Å². The molecule has 2 aliphatic heterocycles. The van der Waals surface area contributed by atoms with Crippen molar-refractivity contribution >= 4 is 23.5 Å². The van der Waals surface area contributed by atoms with Gasteiger partial charge in [-0.3, -0.25) is 19.0 Å². The fraction of sp³-hybridized carbons (Fsp3) is 0.615. The van der Waals surface area contributed by atoms with Gasteiger partial charge in [0, 0.05) is 49.5 Å². The number of nitrogens with zero attached hydrogens (tertiary/aromatic N) is 4. The molecule has 0 unspecified atom stereocenters. The quantitative estimate of drug-likeness (QED) is 0.591. The third kappa shape index (κ3) is 4.31. The molecule has 3 fully saturated rings. The lowest BCUT2D eigenvalue weighted by Gasteiger charge is -2.41. The SMILES string of the molecule is Cc1nn2c(O)c(C(=O)NC3CC3)c(=O)n(CC(C)C)c2c1/C=C/C(=O)N1CCCC12CCOCC2. The smallest absolute Gasteiger partial charge is 0.270 e. The van der Waals surface area contributed by atoms with Gasteiger partial charge in [0.1, 0.15) is 5.65 Å². The second kappa shape index (κ2) is 9.38. The van der Waals surface area contributed by atoms with Gasteiger partial charge in [0.15, 0.2) is 5.56 Å². The summed E-state index contributed by atoms with van der Waals surface area (Å²) in [5.41, 5.74) is 0.491. The van der Waals surface area contributed by atoms with E-state index in [1.54, 1.807) is 19.1 Å². The van der Waals surface area contributed by atoms with Crippen LogP contribution in [0.3, 0.4) is 0 Å². The normalized spacial score (nSPS) is 19.7. The number of aromatic nitrogens is 3. The number of hydrogen-bond acceptors (Lipinski definition) is 6. The Morgan fingerprint density at radius 3 is 2.64 bits per heavy atom. The molecule has 10 heteroatoms. The van der Waals surface area contributed by atoms with Crippen molar-refractivity contribution in [1.29, 1.82) is 0 Å². The van der Waals surface area contributed by atoms with E-state index in [0.29, 0.717) is 36.7 Å². The summed E-state index contributed by atoms with van der Waals surface area (Å²) in [6, 6.07) is 0.0408. The number of aromatic hydroxyl groups is 1. The molecular weight excluding hydrogens is 462 g/mol. The lowest BCUT2D eigenvalue weighted by Crippen LogP contribution is -2.50. The van der Waals surface area contributed by atoms with Gasteiger partial charge < -0.3 is 20.1 Å². The Morgan fingerprint density at radius 2 is 1.97 bits per heavy atom. The molecule has 36 heavy (non-hydrogen) atoms. The zero-order valence-electron chi connectivity index (χ0n) is 21.2. The van der Waals surface area contributed by atoms with Crippen LogP contribution in [0, 0.1) is 12.8 Å². The second-order valence-electron chi connectivity index (χ2n) is 10.8. The summed E-state index contributed by atoms with van der Waals surface area (Å²) < 4.78 is 8.28. The molecule has 0 bridgehead atoms. The average Bonchev–Trinajstić information content (AvgIpc) is 3.46. The van der Waals surface area contributed by atoms with Crippen LogP contribution in [-0.2, 0) is 16.1 Å². The van der Waals surface area contributed by atoms with Gasteiger partial charge in [-0.2, -0.15) is 9.61 Å². The van der Waals surface area contributed by atoms with Gasteiger partial charge in [0.2, 0.25) is 11.8 Å². The standard InChI is InChI=1S/C26H35N5O5/c1-16(2)15-29-23-19(7-8-20(32)30-12-4-9-26(30)10-13-36-14-11-26)17(3)28-31(23)25(35)21(24(29)34)22(33)27-18-5-6-18/h7-8,16,18,35H,4-6,9-15H2,1-3H3,(H,27,33)/b8-7+. The van der Waals surface area contributed by atoms with E-state index in [4.69, 9.17) is 4.74 Å². The zero-order valence-corrected chi connectivity index (χ0v) is 21.2. The molecule has 1 spiro atoms. The fourth-order valence-electron chi connectivity index (χ4n) is 5.58. The van der Waals surface area contributed by atoms with E-state index < -0.39 is 17.3 Å². The number of carbonyl (C=O) groups is 2. The highest BCUT2D eigenvalue weighted by atomic mass is 16.5. The second-order valence-corrected chi connectivity index (χ2v) is 10.8. The molecule has 0 aromatic carbocycles. The number of rotatable bonds is 6. The van der Waals surface area contributed by atoms with E-state index in [1.165, 1.54) is 9.08 Å². The van der Waals surface area contributed by atoms with E-state index in [-0.39, 0.29) is 29.0 Å². The maximum absolute atomic E-state index is 13.5. The fourth-order valence-corrected chi connectivity index (χ4v) is 5.58. The number of nitrogens with one attached hydrogen (secondary N) is 1. The summed E-state index contributed by atoms with van der Waals surface area (Å²) in [7, 11) is 0. The van der Waals surface area contributed by atoms with Crippen LogP contribution in [0.1, 0.15) is 74.0 Å². The monoisotopic (exact) mass is 497 g/mol. The third-order valence-corrected chi connectivity index (χ3v) is 7.59. The number of aryl methyl sites for hydroxylation is 1. The van der Waals surface area contributed by atoms with Crippen molar-refractivity contribution in [1.82, 2.24) is 24.4 Å². The van der Waals surface area contributed by atoms with Gasteiger partial charge in [0.05, 0.1) is 5.69 Å². The molecule has 1 saturated carbocycles. The molecule has 5 rings (SSSR count). The first-order valence-electron chi connectivity index (χ1n) is 13.0. The average molecular weight is 498 g/mol. The number of amides is 2. The van der Waals surface area contributed by atoms with Crippen LogP contribution < -0.4 is 10.9 Å². The van der Waals surface area contributed by atoms with Gasteiger partial charge in [-0.05, 0) is 57.4 Å². The van der Waals surface area contributed by atoms with Gasteiger partial charge in [-0.1, -0.05) is 13.8 Å². The summed E-state index contributed by atoms with van der Waals surface area (Å²) >= 11 is 0. The minimum atomic E-state index is -0.587. The molecule has 2 aromatic heterocycles. The molecule has 4 heterocycles. The molecule has 2 N–H and O–H groups in total. The van der Waals surface area contributed by atoms with Crippen LogP contribution in [0.25, 0.3) is 11.7 Å². The lowest BCUT2D eigenvalue weighted by atomic mass is 9.87. The van der Waals surface area contributed by atoms with Crippen molar-refractivity contribution in [2.75, 3.05) is 19.8 Å². The highest BCUT2D eigenvalue weighted by Gasteiger charge is 2.43. The first-order chi connectivity index (χ1) is 17.2. The molecule has 1 aliphatic carbocycles. The Bertz CT molecular complexity index is 1280. The lowest BCUT2D eigenvalue weighted by molar-refractivity contribution is -0.133. The van der Waals surface area contributed by atoms with Crippen LogP contribution in [0.15, 0.2) is 10.9 Å². The summed E-state index contributed by atoms with van der Waals surface area (Å²) in [4.78, 5) is 41.6. The molecule has 0 atom stereocenters. The highest BCUT2D eigenvalue weighted by molar-refractivity contribution is 5.97. The summed E-state index contributed by atoms with van der Waals surface area (Å²) in [5, 5.41) is 18.2. The molecule has 194 valence electrons. The predicted molar refractivity (Wildman–Crippen MR) is 134 cm³/mol. The molecule has 0 radical (unpaired) electrons. The molecule has 2 amide bonds.